The van der Waals surface area contributed by atoms with Gasteiger partial charge in [-0.1, -0.05) is 36.4 Å². The number of aromatic amines is 1. The highest BCUT2D eigenvalue weighted by molar-refractivity contribution is 6.00. The monoisotopic (exact) mass is 419 g/mol. The molecule has 1 fully saturated rings. The Hall–Kier alpha value is -3.68. The fourth-order valence-electron chi connectivity index (χ4n) is 3.99. The maximum atomic E-state index is 12.6. The van der Waals surface area contributed by atoms with Crippen LogP contribution in [0.15, 0.2) is 69.5 Å². The van der Waals surface area contributed by atoms with Gasteiger partial charge in [0.15, 0.2) is 0 Å². The van der Waals surface area contributed by atoms with Gasteiger partial charge in [0.1, 0.15) is 5.56 Å². The Bertz CT molecular complexity index is 1190. The van der Waals surface area contributed by atoms with E-state index in [1.807, 2.05) is 53.7 Å². The van der Waals surface area contributed by atoms with Crippen LogP contribution in [0, 0.1) is 0 Å². The number of benzene rings is 1. The van der Waals surface area contributed by atoms with Crippen LogP contribution in [0.25, 0.3) is 0 Å². The minimum Gasteiger partial charge on any atom is -0.494 e. The lowest BCUT2D eigenvalue weighted by atomic mass is 9.98. The van der Waals surface area contributed by atoms with E-state index in [4.69, 9.17) is 5.10 Å². The lowest BCUT2D eigenvalue weighted by Gasteiger charge is -2.34. The first-order valence-electron chi connectivity index (χ1n) is 10.4. The van der Waals surface area contributed by atoms with E-state index in [1.54, 1.807) is 13.1 Å². The molecule has 0 spiro atoms. The number of aromatic nitrogens is 3. The molecule has 3 heterocycles. The van der Waals surface area contributed by atoms with Gasteiger partial charge in [-0.05, 0) is 43.4 Å². The van der Waals surface area contributed by atoms with Crippen molar-refractivity contribution < 1.29 is 5.11 Å². The van der Waals surface area contributed by atoms with Crippen LogP contribution in [0.2, 0.25) is 0 Å². The molecule has 160 valence electrons. The van der Waals surface area contributed by atoms with Gasteiger partial charge in [-0.3, -0.25) is 24.3 Å². The maximum Gasteiger partial charge on any atom is 0.331 e. The summed E-state index contributed by atoms with van der Waals surface area (Å²) in [5.74, 6) is -0.381. The van der Waals surface area contributed by atoms with Gasteiger partial charge in [0.25, 0.3) is 5.56 Å². The second-order valence-electron chi connectivity index (χ2n) is 7.68. The number of rotatable bonds is 5. The van der Waals surface area contributed by atoms with E-state index in [2.05, 4.69) is 9.97 Å². The number of hydrazone groups is 1. The Kier molecular flexibility index (Phi) is 5.97. The largest absolute Gasteiger partial charge is 0.494 e. The van der Waals surface area contributed by atoms with Crippen LogP contribution in [-0.4, -0.2) is 36.9 Å². The summed E-state index contributed by atoms with van der Waals surface area (Å²) < 4.78 is 1.15. The third kappa shape index (κ3) is 4.42. The number of H-pyrrole nitrogens is 1. The van der Waals surface area contributed by atoms with Crippen LogP contribution in [-0.2, 0) is 6.54 Å². The molecule has 0 bridgehead atoms. The van der Waals surface area contributed by atoms with Crippen molar-refractivity contribution in [3.63, 3.8) is 0 Å². The normalized spacial score (nSPS) is 17.0. The van der Waals surface area contributed by atoms with E-state index >= 15 is 0 Å². The van der Waals surface area contributed by atoms with Crippen LogP contribution in [0.5, 0.6) is 5.88 Å². The van der Waals surface area contributed by atoms with Crippen molar-refractivity contribution in [3.05, 3.63) is 92.4 Å². The van der Waals surface area contributed by atoms with Crippen molar-refractivity contribution in [1.82, 2.24) is 19.5 Å². The molecule has 0 aliphatic carbocycles. The molecule has 4 rings (SSSR count). The van der Waals surface area contributed by atoms with Gasteiger partial charge < -0.3 is 5.11 Å². The molecular formula is C23H25N5O3. The Morgan fingerprint density at radius 2 is 2.00 bits per heavy atom. The number of pyridine rings is 1. The van der Waals surface area contributed by atoms with Crippen molar-refractivity contribution in [3.8, 4) is 5.88 Å². The van der Waals surface area contributed by atoms with Crippen molar-refractivity contribution >= 4 is 5.71 Å². The summed E-state index contributed by atoms with van der Waals surface area (Å²) in [6.07, 6.45) is 6.57. The molecular weight excluding hydrogens is 394 g/mol. The van der Waals surface area contributed by atoms with Crippen LogP contribution in [0.4, 0.5) is 0 Å². The first kappa shape index (κ1) is 20.6. The molecule has 3 aromatic rings. The third-order valence-corrected chi connectivity index (χ3v) is 5.54. The second-order valence-corrected chi connectivity index (χ2v) is 7.68. The van der Waals surface area contributed by atoms with Crippen molar-refractivity contribution in [2.24, 2.45) is 5.10 Å². The van der Waals surface area contributed by atoms with E-state index < -0.39 is 11.2 Å². The van der Waals surface area contributed by atoms with E-state index in [0.717, 1.165) is 41.5 Å². The van der Waals surface area contributed by atoms with Crippen LogP contribution in [0.1, 0.15) is 48.9 Å². The maximum absolute atomic E-state index is 12.6. The fraction of sp³-hybridized carbons (Fsp3) is 0.304. The van der Waals surface area contributed by atoms with Crippen molar-refractivity contribution in [1.29, 1.82) is 0 Å². The number of nitrogens with one attached hydrogen (secondary N) is 1. The molecule has 1 aliphatic heterocycles. The Labute approximate surface area is 179 Å². The van der Waals surface area contributed by atoms with E-state index in [-0.39, 0.29) is 24.0 Å². The van der Waals surface area contributed by atoms with Gasteiger partial charge in [-0.15, -0.1) is 0 Å². The number of hydrogen-bond acceptors (Lipinski definition) is 6. The van der Waals surface area contributed by atoms with Gasteiger partial charge in [-0.25, -0.2) is 4.79 Å². The number of hydrogen-bond donors (Lipinski definition) is 2. The van der Waals surface area contributed by atoms with Crippen LogP contribution < -0.4 is 11.2 Å². The number of aromatic hydroxyl groups is 1. The molecule has 1 unspecified atom stereocenters. The standard InChI is InChI=1S/C23H25N5O3/c1-16(26-28-13-6-5-11-19(28)18-10-7-12-24-14-18)20-21(29)25-23(31)27(22(20)30)15-17-8-3-2-4-9-17/h2-4,7-10,12,14,19,30H,5-6,11,13,15H2,1H3,(H,25,29,31)/b26-16+. The first-order valence-corrected chi connectivity index (χ1v) is 10.4. The van der Waals surface area contributed by atoms with Gasteiger partial charge in [0.05, 0.1) is 18.3 Å². The van der Waals surface area contributed by atoms with Gasteiger partial charge in [-0.2, -0.15) is 5.10 Å². The zero-order valence-electron chi connectivity index (χ0n) is 17.4. The fourth-order valence-corrected chi connectivity index (χ4v) is 3.99. The first-order chi connectivity index (χ1) is 15.0. The van der Waals surface area contributed by atoms with Crippen molar-refractivity contribution in [2.45, 2.75) is 38.8 Å². The van der Waals surface area contributed by atoms with Gasteiger partial charge in [0, 0.05) is 18.9 Å². The SMILES string of the molecule is C/C(=N\N1CCCCC1c1cccnc1)c1c(O)n(Cc2ccccc2)c(=O)[nH]c1=O. The highest BCUT2D eigenvalue weighted by atomic mass is 16.3. The molecule has 2 aromatic heterocycles. The average molecular weight is 419 g/mol. The predicted octanol–water partition coefficient (Wildman–Crippen LogP) is 2.64. The molecule has 1 atom stereocenters. The van der Waals surface area contributed by atoms with Crippen LogP contribution in [0.3, 0.4) is 0 Å². The third-order valence-electron chi connectivity index (χ3n) is 5.54. The van der Waals surface area contributed by atoms with Crippen LogP contribution >= 0.6 is 0 Å². The predicted molar refractivity (Wildman–Crippen MR) is 118 cm³/mol. The highest BCUT2D eigenvalue weighted by Crippen LogP contribution is 2.31. The summed E-state index contributed by atoms with van der Waals surface area (Å²) in [6.45, 7) is 2.56. The number of piperidine rings is 1. The summed E-state index contributed by atoms with van der Waals surface area (Å²) in [7, 11) is 0. The molecule has 31 heavy (non-hydrogen) atoms. The molecule has 0 radical (unpaired) electrons. The lowest BCUT2D eigenvalue weighted by molar-refractivity contribution is 0.155. The summed E-state index contributed by atoms with van der Waals surface area (Å²) in [6, 6.07) is 13.2. The molecule has 2 N–H and O–H groups in total. The van der Waals surface area contributed by atoms with Crippen molar-refractivity contribution in [2.75, 3.05) is 6.54 Å². The zero-order valence-corrected chi connectivity index (χ0v) is 17.4. The molecule has 1 aromatic carbocycles. The molecule has 1 aliphatic rings. The minimum absolute atomic E-state index is 0.00559. The second kappa shape index (κ2) is 8.99. The molecule has 0 amide bonds. The number of nitrogens with zero attached hydrogens (tertiary/aromatic N) is 4. The van der Waals surface area contributed by atoms with Gasteiger partial charge >= 0.3 is 5.69 Å². The summed E-state index contributed by atoms with van der Waals surface area (Å²) >= 11 is 0. The summed E-state index contributed by atoms with van der Waals surface area (Å²) in [5.41, 5.74) is 0.950. The highest BCUT2D eigenvalue weighted by Gasteiger charge is 2.25. The average Bonchev–Trinajstić information content (AvgIpc) is 2.78. The lowest BCUT2D eigenvalue weighted by Crippen LogP contribution is -2.35. The quantitative estimate of drug-likeness (QED) is 0.619. The Morgan fingerprint density at radius 1 is 1.19 bits per heavy atom. The smallest absolute Gasteiger partial charge is 0.331 e. The molecule has 8 heteroatoms. The summed E-state index contributed by atoms with van der Waals surface area (Å²) in [4.78, 5) is 31.4. The molecule has 1 saturated heterocycles. The minimum atomic E-state index is -0.658. The Balaban J connectivity index is 1.71. The molecule has 0 saturated carbocycles. The van der Waals surface area contributed by atoms with Gasteiger partial charge in [0.2, 0.25) is 5.88 Å². The van der Waals surface area contributed by atoms with E-state index in [0.29, 0.717) is 5.71 Å². The van der Waals surface area contributed by atoms with E-state index in [9.17, 15) is 14.7 Å². The Morgan fingerprint density at radius 3 is 2.74 bits per heavy atom. The zero-order chi connectivity index (χ0) is 21.8. The molecule has 8 nitrogen and oxygen atoms in total. The van der Waals surface area contributed by atoms with E-state index in [1.165, 1.54) is 0 Å². The topological polar surface area (TPSA) is 104 Å². The summed E-state index contributed by atoms with van der Waals surface area (Å²) in [5, 5.41) is 17.5.